The first-order valence-corrected chi connectivity index (χ1v) is 9.45. The molecule has 1 aliphatic rings. The molecule has 0 saturated carbocycles. The van der Waals surface area contributed by atoms with E-state index in [4.69, 9.17) is 4.74 Å². The predicted molar refractivity (Wildman–Crippen MR) is 105 cm³/mol. The fraction of sp³-hybridized carbons (Fsp3) is 0.350. The molecule has 3 rings (SSSR count). The Morgan fingerprint density at radius 2 is 1.96 bits per heavy atom. The largest absolute Gasteiger partial charge is 0.444 e. The van der Waals surface area contributed by atoms with Crippen LogP contribution in [0.4, 0.5) is 16.2 Å². The molecular weight excluding hydrogens is 332 g/mol. The van der Waals surface area contributed by atoms with Gasteiger partial charge in [-0.2, -0.15) is 0 Å². The van der Waals surface area contributed by atoms with Crippen molar-refractivity contribution < 1.29 is 9.53 Å². The van der Waals surface area contributed by atoms with E-state index in [0.717, 1.165) is 30.2 Å². The second kappa shape index (κ2) is 7.40. The number of fused-ring (bicyclic) bond motifs is 1. The van der Waals surface area contributed by atoms with E-state index in [0.29, 0.717) is 0 Å². The fourth-order valence-corrected chi connectivity index (χ4v) is 3.77. The summed E-state index contributed by atoms with van der Waals surface area (Å²) in [6.45, 7) is 7.43. The third-order valence-corrected chi connectivity index (χ3v) is 4.82. The van der Waals surface area contributed by atoms with E-state index in [-0.39, 0.29) is 0 Å². The molecule has 4 nitrogen and oxygen atoms in total. The number of thioether (sulfide) groups is 1. The van der Waals surface area contributed by atoms with Gasteiger partial charge in [-0.15, -0.1) is 11.8 Å². The first-order chi connectivity index (χ1) is 11.9. The van der Waals surface area contributed by atoms with E-state index < -0.39 is 11.7 Å². The molecule has 0 fully saturated rings. The Balaban J connectivity index is 1.77. The molecule has 2 aromatic rings. The van der Waals surface area contributed by atoms with Gasteiger partial charge < -0.3 is 9.64 Å². The zero-order valence-corrected chi connectivity index (χ0v) is 15.7. The minimum Gasteiger partial charge on any atom is -0.444 e. The zero-order chi connectivity index (χ0) is 17.9. The highest BCUT2D eigenvalue weighted by Crippen LogP contribution is 2.37. The van der Waals surface area contributed by atoms with Crippen LogP contribution in [-0.2, 0) is 11.3 Å². The van der Waals surface area contributed by atoms with E-state index in [2.05, 4.69) is 40.5 Å². The first kappa shape index (κ1) is 17.7. The van der Waals surface area contributed by atoms with E-state index >= 15 is 0 Å². The highest BCUT2D eigenvalue weighted by molar-refractivity contribution is 7.99. The van der Waals surface area contributed by atoms with Gasteiger partial charge in [0, 0.05) is 29.4 Å². The van der Waals surface area contributed by atoms with Crippen LogP contribution >= 0.6 is 11.8 Å². The SMILES string of the molecule is CC(C)(C)OC(=O)Nc1ccc2c(c1)N(Cc1ccccc1)CCS2. The van der Waals surface area contributed by atoms with Crippen molar-refractivity contribution in [3.63, 3.8) is 0 Å². The molecule has 0 saturated heterocycles. The maximum Gasteiger partial charge on any atom is 0.412 e. The van der Waals surface area contributed by atoms with Crippen LogP contribution in [0.3, 0.4) is 0 Å². The molecule has 132 valence electrons. The van der Waals surface area contributed by atoms with Crippen molar-refractivity contribution in [2.45, 2.75) is 37.8 Å². The molecule has 0 aromatic heterocycles. The summed E-state index contributed by atoms with van der Waals surface area (Å²) < 4.78 is 5.34. The summed E-state index contributed by atoms with van der Waals surface area (Å²) >= 11 is 1.85. The lowest BCUT2D eigenvalue weighted by Gasteiger charge is -2.31. The summed E-state index contributed by atoms with van der Waals surface area (Å²) in [7, 11) is 0. The predicted octanol–water partition coefficient (Wildman–Crippen LogP) is 5.15. The van der Waals surface area contributed by atoms with Gasteiger partial charge in [-0.3, -0.25) is 5.32 Å². The molecule has 1 amide bonds. The molecule has 0 unspecified atom stereocenters. The van der Waals surface area contributed by atoms with Crippen LogP contribution in [0.25, 0.3) is 0 Å². The summed E-state index contributed by atoms with van der Waals surface area (Å²) in [5.74, 6) is 1.07. The summed E-state index contributed by atoms with van der Waals surface area (Å²) in [6.07, 6.45) is -0.425. The topological polar surface area (TPSA) is 41.6 Å². The lowest BCUT2D eigenvalue weighted by molar-refractivity contribution is 0.0636. The summed E-state index contributed by atoms with van der Waals surface area (Å²) in [5, 5.41) is 2.84. The lowest BCUT2D eigenvalue weighted by Crippen LogP contribution is -2.29. The normalized spacial score (nSPS) is 14.0. The number of hydrogen-bond acceptors (Lipinski definition) is 4. The number of rotatable bonds is 3. The quantitative estimate of drug-likeness (QED) is 0.826. The van der Waals surface area contributed by atoms with Crippen LogP contribution < -0.4 is 10.2 Å². The summed E-state index contributed by atoms with van der Waals surface area (Å²) in [6, 6.07) is 16.5. The minimum atomic E-state index is -0.506. The van der Waals surface area contributed by atoms with Gasteiger partial charge in [0.15, 0.2) is 0 Å². The van der Waals surface area contributed by atoms with E-state index in [1.165, 1.54) is 10.5 Å². The van der Waals surface area contributed by atoms with Crippen LogP contribution in [0, 0.1) is 0 Å². The van der Waals surface area contributed by atoms with Crippen molar-refractivity contribution in [2.75, 3.05) is 22.5 Å². The third-order valence-electron chi connectivity index (χ3n) is 3.78. The molecule has 1 N–H and O–H groups in total. The molecule has 0 aliphatic carbocycles. The Kier molecular flexibility index (Phi) is 5.23. The molecule has 0 spiro atoms. The number of anilines is 2. The van der Waals surface area contributed by atoms with Crippen molar-refractivity contribution in [2.24, 2.45) is 0 Å². The average molecular weight is 356 g/mol. The van der Waals surface area contributed by atoms with Gasteiger partial charge in [-0.1, -0.05) is 30.3 Å². The van der Waals surface area contributed by atoms with Gasteiger partial charge in [0.2, 0.25) is 0 Å². The van der Waals surface area contributed by atoms with Gasteiger partial charge >= 0.3 is 6.09 Å². The van der Waals surface area contributed by atoms with Gasteiger partial charge in [-0.25, -0.2) is 4.79 Å². The van der Waals surface area contributed by atoms with Crippen LogP contribution in [-0.4, -0.2) is 24.0 Å². The Morgan fingerprint density at radius 3 is 2.68 bits per heavy atom. The van der Waals surface area contributed by atoms with Crippen LogP contribution in [0.15, 0.2) is 53.4 Å². The number of amides is 1. The number of carbonyl (C=O) groups excluding carboxylic acids is 1. The molecule has 0 bridgehead atoms. The van der Waals surface area contributed by atoms with Crippen LogP contribution in [0.2, 0.25) is 0 Å². The number of nitrogens with zero attached hydrogens (tertiary/aromatic N) is 1. The molecule has 0 radical (unpaired) electrons. The number of ether oxygens (including phenoxy) is 1. The first-order valence-electron chi connectivity index (χ1n) is 8.46. The van der Waals surface area contributed by atoms with Gasteiger partial charge in [0.25, 0.3) is 0 Å². The van der Waals surface area contributed by atoms with Gasteiger partial charge in [-0.05, 0) is 44.5 Å². The van der Waals surface area contributed by atoms with Crippen molar-refractivity contribution in [1.82, 2.24) is 0 Å². The number of carbonyl (C=O) groups is 1. The van der Waals surface area contributed by atoms with E-state index in [1.807, 2.05) is 50.7 Å². The van der Waals surface area contributed by atoms with Gasteiger partial charge in [0.1, 0.15) is 5.60 Å². The maximum atomic E-state index is 12.0. The lowest BCUT2D eigenvalue weighted by atomic mass is 10.2. The van der Waals surface area contributed by atoms with E-state index in [9.17, 15) is 4.79 Å². The molecular formula is C20H24N2O2S. The Labute approximate surface area is 153 Å². The van der Waals surface area contributed by atoms with Crippen molar-refractivity contribution >= 4 is 29.2 Å². The molecule has 2 aromatic carbocycles. The monoisotopic (exact) mass is 356 g/mol. The second-order valence-electron chi connectivity index (χ2n) is 7.07. The Bertz CT molecular complexity index is 741. The standard InChI is InChI=1S/C20H24N2O2S/c1-20(2,3)24-19(23)21-16-9-10-18-17(13-16)22(11-12-25-18)14-15-7-5-4-6-8-15/h4-10,13H,11-12,14H2,1-3H3,(H,21,23). The molecule has 0 atom stereocenters. The smallest absolute Gasteiger partial charge is 0.412 e. The number of hydrogen-bond donors (Lipinski definition) is 1. The highest BCUT2D eigenvalue weighted by atomic mass is 32.2. The number of benzene rings is 2. The molecule has 5 heteroatoms. The Morgan fingerprint density at radius 1 is 1.20 bits per heavy atom. The third kappa shape index (κ3) is 4.92. The Hall–Kier alpha value is -2.14. The number of nitrogens with one attached hydrogen (secondary N) is 1. The van der Waals surface area contributed by atoms with E-state index in [1.54, 1.807) is 0 Å². The minimum absolute atomic E-state index is 0.425. The molecule has 1 aliphatic heterocycles. The highest BCUT2D eigenvalue weighted by Gasteiger charge is 2.20. The fourth-order valence-electron chi connectivity index (χ4n) is 2.74. The van der Waals surface area contributed by atoms with Crippen LogP contribution in [0.5, 0.6) is 0 Å². The molecule has 25 heavy (non-hydrogen) atoms. The van der Waals surface area contributed by atoms with Crippen LogP contribution in [0.1, 0.15) is 26.3 Å². The molecule has 1 heterocycles. The van der Waals surface area contributed by atoms with Crippen molar-refractivity contribution in [1.29, 1.82) is 0 Å². The summed E-state index contributed by atoms with van der Waals surface area (Å²) in [4.78, 5) is 15.6. The second-order valence-corrected chi connectivity index (χ2v) is 8.20. The van der Waals surface area contributed by atoms with Crippen molar-refractivity contribution in [3.05, 3.63) is 54.1 Å². The zero-order valence-electron chi connectivity index (χ0n) is 14.9. The van der Waals surface area contributed by atoms with Crippen molar-refractivity contribution in [3.8, 4) is 0 Å². The maximum absolute atomic E-state index is 12.0. The summed E-state index contributed by atoms with van der Waals surface area (Å²) in [5.41, 5.74) is 2.70. The van der Waals surface area contributed by atoms with Gasteiger partial charge in [0.05, 0.1) is 5.69 Å². The average Bonchev–Trinajstić information content (AvgIpc) is 2.54.